The second-order valence-corrected chi connectivity index (χ2v) is 6.41. The number of carbonyl (C=O) groups is 1. The SMILES string of the molecule is O=C(Cc1ccc(Cl)c(Cl)c1)N1CCN2CCC[C@H]2C1. The maximum Gasteiger partial charge on any atom is 0.227 e. The fourth-order valence-corrected chi connectivity index (χ4v) is 3.47. The molecule has 20 heavy (non-hydrogen) atoms. The number of hydrogen-bond acceptors (Lipinski definition) is 2. The van der Waals surface area contributed by atoms with Crippen LogP contribution in [-0.4, -0.2) is 47.9 Å². The summed E-state index contributed by atoms with van der Waals surface area (Å²) in [6.07, 6.45) is 2.89. The minimum absolute atomic E-state index is 0.190. The minimum Gasteiger partial charge on any atom is -0.340 e. The fourth-order valence-electron chi connectivity index (χ4n) is 3.15. The molecule has 0 bridgehead atoms. The van der Waals surface area contributed by atoms with E-state index in [-0.39, 0.29) is 5.91 Å². The second kappa shape index (κ2) is 5.92. The van der Waals surface area contributed by atoms with E-state index >= 15 is 0 Å². The Morgan fingerprint density at radius 2 is 2.05 bits per heavy atom. The molecule has 108 valence electrons. The monoisotopic (exact) mass is 312 g/mol. The van der Waals surface area contributed by atoms with Crippen molar-refractivity contribution >= 4 is 29.1 Å². The summed E-state index contributed by atoms with van der Waals surface area (Å²) < 4.78 is 0. The molecule has 0 spiro atoms. The van der Waals surface area contributed by atoms with E-state index in [9.17, 15) is 4.79 Å². The first-order valence-corrected chi connectivity index (χ1v) is 7.85. The number of halogens is 2. The lowest BCUT2D eigenvalue weighted by Crippen LogP contribution is -2.52. The highest BCUT2D eigenvalue weighted by molar-refractivity contribution is 6.42. The van der Waals surface area contributed by atoms with Crippen LogP contribution in [0.15, 0.2) is 18.2 Å². The molecule has 0 radical (unpaired) electrons. The van der Waals surface area contributed by atoms with Crippen LogP contribution < -0.4 is 0 Å². The van der Waals surface area contributed by atoms with Gasteiger partial charge in [-0.3, -0.25) is 9.69 Å². The number of carbonyl (C=O) groups excluding carboxylic acids is 1. The molecule has 2 aliphatic heterocycles. The maximum atomic E-state index is 12.4. The Kier molecular flexibility index (Phi) is 4.20. The predicted molar refractivity (Wildman–Crippen MR) is 81.3 cm³/mol. The van der Waals surface area contributed by atoms with Crippen LogP contribution in [0, 0.1) is 0 Å². The molecule has 2 fully saturated rings. The Labute approximate surface area is 129 Å². The number of benzene rings is 1. The molecule has 1 amide bonds. The molecule has 2 saturated heterocycles. The van der Waals surface area contributed by atoms with Crippen LogP contribution in [0.2, 0.25) is 10.0 Å². The molecule has 3 rings (SSSR count). The van der Waals surface area contributed by atoms with Crippen molar-refractivity contribution in [3.8, 4) is 0 Å². The van der Waals surface area contributed by atoms with Crippen LogP contribution in [0.4, 0.5) is 0 Å². The number of rotatable bonds is 2. The van der Waals surface area contributed by atoms with Gasteiger partial charge < -0.3 is 4.90 Å². The van der Waals surface area contributed by atoms with Crippen LogP contribution in [0.5, 0.6) is 0 Å². The van der Waals surface area contributed by atoms with Gasteiger partial charge in [0, 0.05) is 25.7 Å². The first kappa shape index (κ1) is 14.2. The maximum absolute atomic E-state index is 12.4. The van der Waals surface area contributed by atoms with Gasteiger partial charge in [-0.25, -0.2) is 0 Å². The molecule has 2 heterocycles. The Morgan fingerprint density at radius 3 is 2.85 bits per heavy atom. The van der Waals surface area contributed by atoms with E-state index in [2.05, 4.69) is 4.90 Å². The lowest BCUT2D eigenvalue weighted by atomic mass is 10.1. The zero-order valence-corrected chi connectivity index (χ0v) is 12.8. The molecular weight excluding hydrogens is 295 g/mol. The van der Waals surface area contributed by atoms with E-state index in [1.165, 1.54) is 19.4 Å². The van der Waals surface area contributed by atoms with Crippen molar-refractivity contribution in [2.45, 2.75) is 25.3 Å². The third-order valence-corrected chi connectivity index (χ3v) is 5.02. The molecule has 1 aromatic carbocycles. The zero-order valence-electron chi connectivity index (χ0n) is 11.3. The Bertz CT molecular complexity index is 521. The lowest BCUT2D eigenvalue weighted by Gasteiger charge is -2.37. The number of hydrogen-bond donors (Lipinski definition) is 0. The van der Waals surface area contributed by atoms with Gasteiger partial charge in [-0.2, -0.15) is 0 Å². The molecular formula is C15H18Cl2N2O. The van der Waals surface area contributed by atoms with Crippen LogP contribution in [0.1, 0.15) is 18.4 Å². The van der Waals surface area contributed by atoms with Crippen LogP contribution in [0.25, 0.3) is 0 Å². The van der Waals surface area contributed by atoms with Gasteiger partial charge in [-0.05, 0) is 37.1 Å². The van der Waals surface area contributed by atoms with Gasteiger partial charge in [0.05, 0.1) is 16.5 Å². The fraction of sp³-hybridized carbons (Fsp3) is 0.533. The third-order valence-electron chi connectivity index (χ3n) is 4.28. The first-order chi connectivity index (χ1) is 9.63. The predicted octanol–water partition coefficient (Wildman–Crippen LogP) is 2.84. The lowest BCUT2D eigenvalue weighted by molar-refractivity contribution is -0.133. The molecule has 0 N–H and O–H groups in total. The number of nitrogens with zero attached hydrogens (tertiary/aromatic N) is 2. The summed E-state index contributed by atoms with van der Waals surface area (Å²) in [4.78, 5) is 16.9. The molecule has 0 aliphatic carbocycles. The topological polar surface area (TPSA) is 23.6 Å². The van der Waals surface area contributed by atoms with Gasteiger partial charge in [0.1, 0.15) is 0 Å². The smallest absolute Gasteiger partial charge is 0.227 e. The molecule has 5 heteroatoms. The van der Waals surface area contributed by atoms with Gasteiger partial charge >= 0.3 is 0 Å². The Morgan fingerprint density at radius 1 is 1.20 bits per heavy atom. The minimum atomic E-state index is 0.190. The summed E-state index contributed by atoms with van der Waals surface area (Å²) in [7, 11) is 0. The van der Waals surface area contributed by atoms with E-state index < -0.39 is 0 Å². The zero-order chi connectivity index (χ0) is 14.1. The Balaban J connectivity index is 1.62. The van der Waals surface area contributed by atoms with Crippen molar-refractivity contribution in [3.05, 3.63) is 33.8 Å². The summed E-state index contributed by atoms with van der Waals surface area (Å²) in [5.74, 6) is 0.190. The van der Waals surface area contributed by atoms with Crippen molar-refractivity contribution in [1.82, 2.24) is 9.80 Å². The summed E-state index contributed by atoms with van der Waals surface area (Å²) >= 11 is 11.9. The molecule has 0 saturated carbocycles. The van der Waals surface area contributed by atoms with E-state index in [1.807, 2.05) is 11.0 Å². The van der Waals surface area contributed by atoms with Crippen LogP contribution >= 0.6 is 23.2 Å². The van der Waals surface area contributed by atoms with Crippen molar-refractivity contribution in [2.24, 2.45) is 0 Å². The van der Waals surface area contributed by atoms with Gasteiger partial charge in [-0.1, -0.05) is 29.3 Å². The van der Waals surface area contributed by atoms with Crippen molar-refractivity contribution in [1.29, 1.82) is 0 Å². The van der Waals surface area contributed by atoms with Gasteiger partial charge in [0.15, 0.2) is 0 Å². The standard InChI is InChI=1S/C15H18Cl2N2O/c16-13-4-3-11(8-14(13)17)9-15(20)19-7-6-18-5-1-2-12(18)10-19/h3-4,8,12H,1-2,5-7,9-10H2/t12-/m0/s1. The largest absolute Gasteiger partial charge is 0.340 e. The number of fused-ring (bicyclic) bond motifs is 1. The molecule has 2 aliphatic rings. The highest BCUT2D eigenvalue weighted by atomic mass is 35.5. The quantitative estimate of drug-likeness (QED) is 0.838. The summed E-state index contributed by atoms with van der Waals surface area (Å²) in [5.41, 5.74) is 0.929. The average Bonchev–Trinajstić information content (AvgIpc) is 2.90. The first-order valence-electron chi connectivity index (χ1n) is 7.09. The van der Waals surface area contributed by atoms with E-state index in [1.54, 1.807) is 12.1 Å². The van der Waals surface area contributed by atoms with E-state index in [0.717, 1.165) is 25.2 Å². The Hall–Kier alpha value is -0.770. The van der Waals surface area contributed by atoms with Crippen LogP contribution in [0.3, 0.4) is 0 Å². The summed E-state index contributed by atoms with van der Waals surface area (Å²) in [6, 6.07) is 5.98. The van der Waals surface area contributed by atoms with Gasteiger partial charge in [0.2, 0.25) is 5.91 Å². The average molecular weight is 313 g/mol. The number of piperazine rings is 1. The highest BCUT2D eigenvalue weighted by Crippen LogP contribution is 2.24. The molecule has 0 aromatic heterocycles. The van der Waals surface area contributed by atoms with Crippen molar-refractivity contribution in [2.75, 3.05) is 26.2 Å². The third kappa shape index (κ3) is 2.95. The number of amides is 1. The summed E-state index contributed by atoms with van der Waals surface area (Å²) in [6.45, 7) is 3.92. The highest BCUT2D eigenvalue weighted by Gasteiger charge is 2.32. The molecule has 3 nitrogen and oxygen atoms in total. The van der Waals surface area contributed by atoms with Gasteiger partial charge in [0.25, 0.3) is 0 Å². The molecule has 0 unspecified atom stereocenters. The van der Waals surface area contributed by atoms with Crippen molar-refractivity contribution < 1.29 is 4.79 Å². The molecule has 1 aromatic rings. The van der Waals surface area contributed by atoms with E-state index in [4.69, 9.17) is 23.2 Å². The van der Waals surface area contributed by atoms with E-state index in [0.29, 0.717) is 22.5 Å². The van der Waals surface area contributed by atoms with Gasteiger partial charge in [-0.15, -0.1) is 0 Å². The normalized spacial score (nSPS) is 22.9. The molecule has 1 atom stereocenters. The summed E-state index contributed by atoms with van der Waals surface area (Å²) in [5, 5.41) is 1.04. The van der Waals surface area contributed by atoms with Crippen LogP contribution in [-0.2, 0) is 11.2 Å². The van der Waals surface area contributed by atoms with Crippen molar-refractivity contribution in [3.63, 3.8) is 0 Å². The second-order valence-electron chi connectivity index (χ2n) is 5.60.